The van der Waals surface area contributed by atoms with Gasteiger partial charge in [-0.2, -0.15) is 0 Å². The van der Waals surface area contributed by atoms with Crippen molar-refractivity contribution in [3.8, 4) is 11.3 Å². The molecule has 1 aromatic heterocycles. The number of ether oxygens (including phenoxy) is 1. The van der Waals surface area contributed by atoms with Crippen molar-refractivity contribution in [2.24, 2.45) is 5.92 Å². The molecule has 0 spiro atoms. The zero-order chi connectivity index (χ0) is 21.8. The van der Waals surface area contributed by atoms with E-state index < -0.39 is 0 Å². The van der Waals surface area contributed by atoms with Gasteiger partial charge in [0.15, 0.2) is 0 Å². The lowest BCUT2D eigenvalue weighted by Crippen LogP contribution is -2.41. The van der Waals surface area contributed by atoms with Gasteiger partial charge in [-0.25, -0.2) is 14.8 Å². The van der Waals surface area contributed by atoms with Crippen LogP contribution >= 0.6 is 0 Å². The molecule has 0 atom stereocenters. The zero-order valence-electron chi connectivity index (χ0n) is 18.6. The van der Waals surface area contributed by atoms with E-state index in [9.17, 15) is 4.79 Å². The van der Waals surface area contributed by atoms with Crippen LogP contribution in [0, 0.1) is 5.92 Å². The molecule has 1 saturated carbocycles. The lowest BCUT2D eigenvalue weighted by molar-refractivity contribution is 0.107. The third kappa shape index (κ3) is 5.60. The molecule has 4 rings (SSSR count). The minimum atomic E-state index is -0.332. The van der Waals surface area contributed by atoms with E-state index in [0.29, 0.717) is 18.4 Å². The fourth-order valence-electron chi connectivity index (χ4n) is 4.20. The maximum absolute atomic E-state index is 11.9. The summed E-state index contributed by atoms with van der Waals surface area (Å²) in [5.74, 6) is 1.70. The Balaban J connectivity index is 1.36. The van der Waals surface area contributed by atoms with Crippen molar-refractivity contribution in [1.29, 1.82) is 0 Å². The van der Waals surface area contributed by atoms with Crippen molar-refractivity contribution >= 4 is 16.9 Å². The van der Waals surface area contributed by atoms with Crippen LogP contribution in [-0.4, -0.2) is 28.2 Å². The number of nitrogens with one attached hydrogen (secondary N) is 1. The molecule has 162 valence electrons. The largest absolute Gasteiger partial charge is 0.449 e. The third-order valence-electron chi connectivity index (χ3n) is 5.86. The minimum absolute atomic E-state index is 0.276. The molecule has 0 bridgehead atoms. The summed E-state index contributed by atoms with van der Waals surface area (Å²) >= 11 is 0. The summed E-state index contributed by atoms with van der Waals surface area (Å²) in [6.07, 6.45) is 5.64. The Labute approximate surface area is 184 Å². The molecule has 1 aliphatic rings. The third-order valence-corrected chi connectivity index (χ3v) is 5.86. The van der Waals surface area contributed by atoms with Crippen LogP contribution in [0.4, 0.5) is 4.79 Å². The van der Waals surface area contributed by atoms with Crippen molar-refractivity contribution < 1.29 is 9.53 Å². The number of fused-ring (bicyclic) bond motifs is 1. The van der Waals surface area contributed by atoms with Gasteiger partial charge in [-0.15, -0.1) is 0 Å². The highest BCUT2D eigenvalue weighted by atomic mass is 16.5. The lowest BCUT2D eigenvalue weighted by atomic mass is 9.82. The normalized spacial score (nSPS) is 19.2. The Bertz CT molecular complexity index is 1050. The van der Waals surface area contributed by atoms with Crippen molar-refractivity contribution in [3.63, 3.8) is 0 Å². The maximum atomic E-state index is 11.9. The predicted molar refractivity (Wildman–Crippen MR) is 124 cm³/mol. The van der Waals surface area contributed by atoms with E-state index in [0.717, 1.165) is 42.8 Å². The second-order valence-corrected chi connectivity index (χ2v) is 9.55. The van der Waals surface area contributed by atoms with Gasteiger partial charge in [-0.3, -0.25) is 0 Å². The first-order valence-electron chi connectivity index (χ1n) is 11.1. The zero-order valence-corrected chi connectivity index (χ0v) is 18.6. The number of hydrogen-bond donors (Lipinski definition) is 1. The summed E-state index contributed by atoms with van der Waals surface area (Å²) in [7, 11) is 0. The summed E-state index contributed by atoms with van der Waals surface area (Å²) < 4.78 is 5.43. The average molecular weight is 418 g/mol. The molecule has 0 radical (unpaired) electrons. The molecule has 0 unspecified atom stereocenters. The van der Waals surface area contributed by atoms with Gasteiger partial charge < -0.3 is 10.1 Å². The molecule has 1 amide bonds. The van der Waals surface area contributed by atoms with Crippen LogP contribution in [0.5, 0.6) is 0 Å². The van der Waals surface area contributed by atoms with Crippen LogP contribution in [0.2, 0.25) is 0 Å². The van der Waals surface area contributed by atoms with E-state index in [4.69, 9.17) is 9.72 Å². The van der Waals surface area contributed by atoms with E-state index in [1.165, 1.54) is 10.8 Å². The first-order chi connectivity index (χ1) is 14.9. The van der Waals surface area contributed by atoms with E-state index >= 15 is 0 Å². The molecule has 31 heavy (non-hydrogen) atoms. The average Bonchev–Trinajstić information content (AvgIpc) is 2.77. The summed E-state index contributed by atoms with van der Waals surface area (Å²) in [5.41, 5.74) is 1.82. The van der Waals surface area contributed by atoms with Crippen molar-refractivity contribution in [1.82, 2.24) is 15.3 Å². The number of hydrogen-bond acceptors (Lipinski definition) is 4. The summed E-state index contributed by atoms with van der Waals surface area (Å²) in [6.45, 7) is 6.33. The van der Waals surface area contributed by atoms with Gasteiger partial charge in [-0.05, 0) is 75.3 Å². The Kier molecular flexibility index (Phi) is 6.21. The Morgan fingerprint density at radius 2 is 1.77 bits per heavy atom. The summed E-state index contributed by atoms with van der Waals surface area (Å²) in [4.78, 5) is 21.4. The molecule has 5 heteroatoms. The topological polar surface area (TPSA) is 64.1 Å². The van der Waals surface area contributed by atoms with E-state index in [1.807, 2.05) is 33.0 Å². The van der Waals surface area contributed by atoms with Crippen LogP contribution in [0.25, 0.3) is 22.0 Å². The second kappa shape index (κ2) is 9.04. The minimum Gasteiger partial charge on any atom is -0.449 e. The smallest absolute Gasteiger partial charge is 0.407 e. The van der Waals surface area contributed by atoms with Crippen LogP contribution in [0.3, 0.4) is 0 Å². The molecule has 1 heterocycles. The number of aromatic nitrogens is 2. The van der Waals surface area contributed by atoms with Crippen molar-refractivity contribution in [2.45, 2.75) is 57.9 Å². The molecule has 0 saturated heterocycles. The van der Waals surface area contributed by atoms with E-state index in [2.05, 4.69) is 52.8 Å². The monoisotopic (exact) mass is 417 g/mol. The van der Waals surface area contributed by atoms with Crippen LogP contribution < -0.4 is 5.32 Å². The highest BCUT2D eigenvalue weighted by Gasteiger charge is 2.26. The highest BCUT2D eigenvalue weighted by Crippen LogP contribution is 2.35. The standard InChI is InChI=1S/C26H31N3O2/c1-26(2,3)29-25(30)31-17-18-8-10-20(11-9-18)24-27-15-14-23(28-24)22-13-12-19-6-4-5-7-21(19)16-22/h4-7,12-16,18,20H,8-11,17H2,1-3H3,(H,29,30). The molecule has 1 aliphatic carbocycles. The van der Waals surface area contributed by atoms with Gasteiger partial charge >= 0.3 is 6.09 Å². The number of carbonyl (C=O) groups is 1. The maximum Gasteiger partial charge on any atom is 0.407 e. The first-order valence-corrected chi connectivity index (χ1v) is 11.1. The van der Waals surface area contributed by atoms with E-state index in [1.54, 1.807) is 0 Å². The lowest BCUT2D eigenvalue weighted by Gasteiger charge is -2.28. The van der Waals surface area contributed by atoms with Gasteiger partial charge in [-0.1, -0.05) is 36.4 Å². The Hall–Kier alpha value is -2.95. The molecule has 0 aliphatic heterocycles. The quantitative estimate of drug-likeness (QED) is 0.557. The number of alkyl carbamates (subject to hydrolysis) is 1. The number of carbonyl (C=O) groups excluding carboxylic acids is 1. The Morgan fingerprint density at radius 3 is 2.52 bits per heavy atom. The van der Waals surface area contributed by atoms with Gasteiger partial charge in [0.25, 0.3) is 0 Å². The van der Waals surface area contributed by atoms with E-state index in [-0.39, 0.29) is 11.6 Å². The molecule has 2 aromatic carbocycles. The molecule has 1 fully saturated rings. The van der Waals surface area contributed by atoms with Crippen molar-refractivity contribution in [3.05, 3.63) is 60.6 Å². The number of benzene rings is 2. The summed E-state index contributed by atoms with van der Waals surface area (Å²) in [5, 5.41) is 5.30. The van der Waals surface area contributed by atoms with Gasteiger partial charge in [0.2, 0.25) is 0 Å². The SMILES string of the molecule is CC(C)(C)NC(=O)OCC1CCC(c2nccc(-c3ccc4ccccc4c3)n2)CC1. The fourth-order valence-corrected chi connectivity index (χ4v) is 4.20. The number of amides is 1. The Morgan fingerprint density at radius 1 is 1.03 bits per heavy atom. The molecule has 1 N–H and O–H groups in total. The van der Waals surface area contributed by atoms with Gasteiger partial charge in [0, 0.05) is 23.2 Å². The highest BCUT2D eigenvalue weighted by molar-refractivity contribution is 5.86. The molecular formula is C26H31N3O2. The number of rotatable bonds is 4. The first kappa shape index (κ1) is 21.3. The molecular weight excluding hydrogens is 386 g/mol. The van der Waals surface area contributed by atoms with Crippen LogP contribution in [-0.2, 0) is 4.74 Å². The van der Waals surface area contributed by atoms with Gasteiger partial charge in [0.1, 0.15) is 5.82 Å². The molecule has 3 aromatic rings. The predicted octanol–water partition coefficient (Wildman–Crippen LogP) is 6.10. The van der Waals surface area contributed by atoms with Crippen LogP contribution in [0.1, 0.15) is 58.2 Å². The number of nitrogens with zero attached hydrogens (tertiary/aromatic N) is 2. The van der Waals surface area contributed by atoms with Crippen LogP contribution in [0.15, 0.2) is 54.7 Å². The second-order valence-electron chi connectivity index (χ2n) is 9.55. The molecule has 5 nitrogen and oxygen atoms in total. The fraction of sp³-hybridized carbons (Fsp3) is 0.423. The summed E-state index contributed by atoms with van der Waals surface area (Å²) in [6, 6.07) is 16.8. The van der Waals surface area contributed by atoms with Gasteiger partial charge in [0.05, 0.1) is 12.3 Å². The van der Waals surface area contributed by atoms with Crippen molar-refractivity contribution in [2.75, 3.05) is 6.61 Å².